The molecule has 0 radical (unpaired) electrons. The van der Waals surface area contributed by atoms with Crippen LogP contribution in [0.5, 0.6) is 11.5 Å². The van der Waals surface area contributed by atoms with Gasteiger partial charge in [0.25, 0.3) is 0 Å². The fraction of sp³-hybridized carbons (Fsp3) is 0.333. The third-order valence-corrected chi connectivity index (χ3v) is 4.54. The summed E-state index contributed by atoms with van der Waals surface area (Å²) in [4.78, 5) is 0.0817. The fourth-order valence-electron chi connectivity index (χ4n) is 2.36. The second-order valence-electron chi connectivity index (χ2n) is 4.96. The van der Waals surface area contributed by atoms with E-state index in [0.717, 1.165) is 23.5 Å². The molecule has 0 aliphatic carbocycles. The SMILES string of the molecule is CCCc1ccc(C(Br)c2cc(OC)ccc2OC)cc1. The van der Waals surface area contributed by atoms with E-state index in [4.69, 9.17) is 9.47 Å². The van der Waals surface area contributed by atoms with Crippen LogP contribution in [0.25, 0.3) is 0 Å². The van der Waals surface area contributed by atoms with Crippen molar-refractivity contribution in [2.24, 2.45) is 0 Å². The van der Waals surface area contributed by atoms with E-state index in [-0.39, 0.29) is 4.83 Å². The van der Waals surface area contributed by atoms with Crippen molar-refractivity contribution >= 4 is 15.9 Å². The number of halogens is 1. The molecule has 2 aromatic rings. The molecule has 0 aromatic heterocycles. The minimum atomic E-state index is 0.0817. The lowest BCUT2D eigenvalue weighted by atomic mass is 10.0. The zero-order valence-corrected chi connectivity index (χ0v) is 14.3. The fourth-order valence-corrected chi connectivity index (χ4v) is 3.02. The Labute approximate surface area is 135 Å². The molecule has 0 aliphatic heterocycles. The number of rotatable bonds is 6. The molecule has 2 aromatic carbocycles. The van der Waals surface area contributed by atoms with Gasteiger partial charge in [0.15, 0.2) is 0 Å². The molecule has 2 nitrogen and oxygen atoms in total. The number of alkyl halides is 1. The van der Waals surface area contributed by atoms with Gasteiger partial charge in [0.1, 0.15) is 11.5 Å². The summed E-state index contributed by atoms with van der Waals surface area (Å²) in [5, 5.41) is 0. The van der Waals surface area contributed by atoms with Crippen LogP contribution in [0.4, 0.5) is 0 Å². The van der Waals surface area contributed by atoms with Crippen LogP contribution >= 0.6 is 15.9 Å². The number of hydrogen-bond acceptors (Lipinski definition) is 2. The van der Waals surface area contributed by atoms with Crippen molar-refractivity contribution in [2.45, 2.75) is 24.6 Å². The van der Waals surface area contributed by atoms with Crippen molar-refractivity contribution in [1.82, 2.24) is 0 Å². The molecule has 1 unspecified atom stereocenters. The highest BCUT2D eigenvalue weighted by molar-refractivity contribution is 9.09. The molecular formula is C18H21BrO2. The van der Waals surface area contributed by atoms with Gasteiger partial charge in [0.2, 0.25) is 0 Å². The Balaban J connectivity index is 2.31. The summed E-state index contributed by atoms with van der Waals surface area (Å²) in [7, 11) is 3.36. The highest BCUT2D eigenvalue weighted by Crippen LogP contribution is 2.38. The molecule has 1 atom stereocenters. The van der Waals surface area contributed by atoms with Crippen LogP contribution in [0.1, 0.15) is 34.9 Å². The lowest BCUT2D eigenvalue weighted by Gasteiger charge is -2.16. The maximum absolute atomic E-state index is 5.46. The lowest BCUT2D eigenvalue weighted by molar-refractivity contribution is 0.399. The zero-order chi connectivity index (χ0) is 15.2. The van der Waals surface area contributed by atoms with E-state index in [1.807, 2.05) is 18.2 Å². The second-order valence-corrected chi connectivity index (χ2v) is 5.88. The molecule has 0 aliphatic rings. The van der Waals surface area contributed by atoms with Crippen molar-refractivity contribution in [3.63, 3.8) is 0 Å². The third kappa shape index (κ3) is 3.79. The van der Waals surface area contributed by atoms with Gasteiger partial charge in [-0.1, -0.05) is 53.5 Å². The van der Waals surface area contributed by atoms with Gasteiger partial charge in [-0.3, -0.25) is 0 Å². The molecule has 21 heavy (non-hydrogen) atoms. The van der Waals surface area contributed by atoms with Crippen LogP contribution < -0.4 is 9.47 Å². The number of hydrogen-bond donors (Lipinski definition) is 0. The maximum Gasteiger partial charge on any atom is 0.123 e. The smallest absolute Gasteiger partial charge is 0.123 e. The van der Waals surface area contributed by atoms with Crippen molar-refractivity contribution in [3.05, 3.63) is 59.2 Å². The van der Waals surface area contributed by atoms with Gasteiger partial charge in [0, 0.05) is 5.56 Å². The van der Waals surface area contributed by atoms with Crippen LogP contribution in [-0.4, -0.2) is 14.2 Å². The maximum atomic E-state index is 5.46. The van der Waals surface area contributed by atoms with E-state index in [2.05, 4.69) is 47.1 Å². The summed E-state index contributed by atoms with van der Waals surface area (Å²) < 4.78 is 10.8. The summed E-state index contributed by atoms with van der Waals surface area (Å²) >= 11 is 3.78. The van der Waals surface area contributed by atoms with E-state index >= 15 is 0 Å². The number of ether oxygens (including phenoxy) is 2. The van der Waals surface area contributed by atoms with Crippen LogP contribution in [0.3, 0.4) is 0 Å². The molecule has 0 heterocycles. The number of methoxy groups -OCH3 is 2. The van der Waals surface area contributed by atoms with Crippen LogP contribution in [0.15, 0.2) is 42.5 Å². The summed E-state index contributed by atoms with van der Waals surface area (Å²) in [6.45, 7) is 2.20. The van der Waals surface area contributed by atoms with Crippen molar-refractivity contribution < 1.29 is 9.47 Å². The van der Waals surface area contributed by atoms with E-state index in [1.165, 1.54) is 17.5 Å². The molecule has 3 heteroatoms. The Morgan fingerprint density at radius 2 is 1.71 bits per heavy atom. The van der Waals surface area contributed by atoms with E-state index in [0.29, 0.717) is 0 Å². The highest BCUT2D eigenvalue weighted by atomic mass is 79.9. The first-order valence-corrected chi connectivity index (χ1v) is 8.06. The average Bonchev–Trinajstić information content (AvgIpc) is 2.54. The van der Waals surface area contributed by atoms with E-state index in [1.54, 1.807) is 14.2 Å². The summed E-state index contributed by atoms with van der Waals surface area (Å²) in [5.41, 5.74) is 3.65. The molecule has 0 N–H and O–H groups in total. The molecular weight excluding hydrogens is 328 g/mol. The predicted octanol–water partition coefficient (Wildman–Crippen LogP) is 5.14. The summed E-state index contributed by atoms with van der Waals surface area (Å²) in [6.07, 6.45) is 2.29. The topological polar surface area (TPSA) is 18.5 Å². The lowest BCUT2D eigenvalue weighted by Crippen LogP contribution is -1.98. The van der Waals surface area contributed by atoms with Crippen LogP contribution in [0.2, 0.25) is 0 Å². The Morgan fingerprint density at radius 3 is 2.29 bits per heavy atom. The van der Waals surface area contributed by atoms with Gasteiger partial charge in [-0.05, 0) is 35.7 Å². The number of benzene rings is 2. The first-order valence-electron chi connectivity index (χ1n) is 7.14. The van der Waals surface area contributed by atoms with Gasteiger partial charge < -0.3 is 9.47 Å². The highest BCUT2D eigenvalue weighted by Gasteiger charge is 2.16. The van der Waals surface area contributed by atoms with Gasteiger partial charge >= 0.3 is 0 Å². The van der Waals surface area contributed by atoms with Crippen LogP contribution in [0, 0.1) is 0 Å². The first-order chi connectivity index (χ1) is 10.2. The minimum absolute atomic E-state index is 0.0817. The Morgan fingerprint density at radius 1 is 1.00 bits per heavy atom. The molecule has 0 amide bonds. The third-order valence-electron chi connectivity index (χ3n) is 3.52. The molecule has 0 fully saturated rings. The van der Waals surface area contributed by atoms with E-state index in [9.17, 15) is 0 Å². The Hall–Kier alpha value is -1.48. The van der Waals surface area contributed by atoms with Crippen molar-refractivity contribution in [2.75, 3.05) is 14.2 Å². The summed E-state index contributed by atoms with van der Waals surface area (Å²) in [6, 6.07) is 14.6. The predicted molar refractivity (Wildman–Crippen MR) is 90.8 cm³/mol. The van der Waals surface area contributed by atoms with Crippen molar-refractivity contribution in [3.8, 4) is 11.5 Å². The van der Waals surface area contributed by atoms with Gasteiger partial charge in [-0.25, -0.2) is 0 Å². The normalized spacial score (nSPS) is 12.0. The average molecular weight is 349 g/mol. The Kier molecular flexibility index (Phi) is 5.68. The molecule has 0 saturated carbocycles. The second kappa shape index (κ2) is 7.51. The molecule has 0 bridgehead atoms. The quantitative estimate of drug-likeness (QED) is 0.672. The summed E-state index contributed by atoms with van der Waals surface area (Å²) in [5.74, 6) is 1.69. The molecule has 112 valence electrons. The molecule has 0 spiro atoms. The van der Waals surface area contributed by atoms with Crippen LogP contribution in [-0.2, 0) is 6.42 Å². The Bertz CT molecular complexity index is 578. The zero-order valence-electron chi connectivity index (χ0n) is 12.7. The van der Waals surface area contributed by atoms with Gasteiger partial charge in [-0.2, -0.15) is 0 Å². The molecule has 0 saturated heterocycles. The molecule has 2 rings (SSSR count). The standard InChI is InChI=1S/C18H21BrO2/c1-4-5-13-6-8-14(9-7-13)18(19)16-12-15(20-2)10-11-17(16)21-3/h6-12,18H,4-5H2,1-3H3. The van der Waals surface area contributed by atoms with Crippen molar-refractivity contribution in [1.29, 1.82) is 0 Å². The van der Waals surface area contributed by atoms with E-state index < -0.39 is 0 Å². The number of aryl methyl sites for hydroxylation is 1. The first kappa shape index (κ1) is 15.9. The van der Waals surface area contributed by atoms with Gasteiger partial charge in [-0.15, -0.1) is 0 Å². The van der Waals surface area contributed by atoms with Gasteiger partial charge in [0.05, 0.1) is 19.0 Å². The minimum Gasteiger partial charge on any atom is -0.497 e. The largest absolute Gasteiger partial charge is 0.497 e. The monoisotopic (exact) mass is 348 g/mol.